The maximum Gasteiger partial charge on any atom is 0.233 e. The van der Waals surface area contributed by atoms with E-state index in [1.54, 1.807) is 0 Å². The molecule has 4 heteroatoms. The van der Waals surface area contributed by atoms with Gasteiger partial charge >= 0.3 is 0 Å². The van der Waals surface area contributed by atoms with Gasteiger partial charge in [0, 0.05) is 18.5 Å². The van der Waals surface area contributed by atoms with E-state index in [2.05, 4.69) is 24.2 Å². The summed E-state index contributed by atoms with van der Waals surface area (Å²) >= 11 is 0. The Hall–Kier alpha value is -0.610. The van der Waals surface area contributed by atoms with Crippen LogP contribution in [0.25, 0.3) is 0 Å². The fourth-order valence-electron chi connectivity index (χ4n) is 2.19. The van der Waals surface area contributed by atoms with Crippen molar-refractivity contribution in [3.63, 3.8) is 0 Å². The summed E-state index contributed by atoms with van der Waals surface area (Å²) in [7, 11) is 0. The number of hydrogen-bond acceptors (Lipinski definition) is 3. The Bertz CT molecular complexity index is 196. The van der Waals surface area contributed by atoms with Crippen LogP contribution in [0.2, 0.25) is 0 Å². The van der Waals surface area contributed by atoms with E-state index >= 15 is 0 Å². The number of rotatable bonds is 4. The van der Waals surface area contributed by atoms with Crippen molar-refractivity contribution >= 4 is 5.91 Å². The quantitative estimate of drug-likeness (QED) is 0.396. The molecule has 0 aromatic rings. The first kappa shape index (κ1) is 11.5. The lowest BCUT2D eigenvalue weighted by molar-refractivity contribution is -0.121. The van der Waals surface area contributed by atoms with E-state index in [0.29, 0.717) is 18.5 Å². The molecule has 1 amide bonds. The number of nitrogens with zero attached hydrogens (tertiary/aromatic N) is 1. The van der Waals surface area contributed by atoms with E-state index in [0.717, 1.165) is 6.42 Å². The Balaban J connectivity index is 2.27. The van der Waals surface area contributed by atoms with Crippen molar-refractivity contribution in [1.82, 2.24) is 10.3 Å². The third kappa shape index (κ3) is 2.96. The highest BCUT2D eigenvalue weighted by Crippen LogP contribution is 2.21. The lowest BCUT2D eigenvalue weighted by Gasteiger charge is -2.28. The van der Waals surface area contributed by atoms with Crippen LogP contribution in [-0.4, -0.2) is 29.4 Å². The minimum Gasteiger partial charge on any atom is -0.298 e. The number of nitrogens with one attached hydrogen (secondary N) is 1. The summed E-state index contributed by atoms with van der Waals surface area (Å²) < 4.78 is 0. The highest BCUT2D eigenvalue weighted by Gasteiger charge is 2.24. The average molecular weight is 199 g/mol. The molecule has 1 rings (SSSR count). The molecule has 1 heterocycles. The second-order valence-corrected chi connectivity index (χ2v) is 4.18. The summed E-state index contributed by atoms with van der Waals surface area (Å²) in [6.45, 7) is 5.62. The van der Waals surface area contributed by atoms with Crippen molar-refractivity contribution in [2.24, 2.45) is 5.84 Å². The molecule has 1 saturated heterocycles. The summed E-state index contributed by atoms with van der Waals surface area (Å²) in [5, 5.41) is 0. The molecule has 1 fully saturated rings. The number of likely N-dealkylation sites (tertiary alicyclic amines) is 1. The SMILES string of the molecule is CC1CCCN1C(C)CCC(=O)NN. The lowest BCUT2D eigenvalue weighted by atomic mass is 10.1. The van der Waals surface area contributed by atoms with Crippen LogP contribution < -0.4 is 11.3 Å². The maximum atomic E-state index is 11.0. The van der Waals surface area contributed by atoms with Crippen LogP contribution in [0.15, 0.2) is 0 Å². The molecule has 2 atom stereocenters. The molecule has 0 radical (unpaired) electrons. The second kappa shape index (κ2) is 5.32. The Morgan fingerprint density at radius 3 is 2.93 bits per heavy atom. The second-order valence-electron chi connectivity index (χ2n) is 4.18. The molecule has 0 aromatic heterocycles. The van der Waals surface area contributed by atoms with Gasteiger partial charge in [-0.15, -0.1) is 0 Å². The molecule has 0 spiro atoms. The van der Waals surface area contributed by atoms with Gasteiger partial charge in [-0.25, -0.2) is 5.84 Å². The monoisotopic (exact) mass is 199 g/mol. The predicted octanol–water partition coefficient (Wildman–Crippen LogP) is 0.629. The summed E-state index contributed by atoms with van der Waals surface area (Å²) in [6, 6.07) is 1.16. The molecule has 0 aliphatic carbocycles. The third-order valence-electron chi connectivity index (χ3n) is 3.12. The van der Waals surface area contributed by atoms with Crippen molar-refractivity contribution in [1.29, 1.82) is 0 Å². The van der Waals surface area contributed by atoms with Gasteiger partial charge < -0.3 is 0 Å². The summed E-state index contributed by atoms with van der Waals surface area (Å²) in [6.07, 6.45) is 4.00. The zero-order valence-electron chi connectivity index (χ0n) is 9.12. The van der Waals surface area contributed by atoms with Gasteiger partial charge in [-0.2, -0.15) is 0 Å². The van der Waals surface area contributed by atoms with Gasteiger partial charge in [0.2, 0.25) is 5.91 Å². The fourth-order valence-corrected chi connectivity index (χ4v) is 2.19. The topological polar surface area (TPSA) is 58.4 Å². The third-order valence-corrected chi connectivity index (χ3v) is 3.12. The summed E-state index contributed by atoms with van der Waals surface area (Å²) in [5.41, 5.74) is 2.16. The molecule has 3 N–H and O–H groups in total. The van der Waals surface area contributed by atoms with Crippen molar-refractivity contribution in [2.75, 3.05) is 6.54 Å². The molecule has 0 saturated carbocycles. The van der Waals surface area contributed by atoms with Crippen molar-refractivity contribution in [2.45, 2.75) is 51.6 Å². The van der Waals surface area contributed by atoms with Gasteiger partial charge in [-0.3, -0.25) is 15.1 Å². The molecular weight excluding hydrogens is 178 g/mol. The maximum absolute atomic E-state index is 11.0. The number of carbonyl (C=O) groups excluding carboxylic acids is 1. The fraction of sp³-hybridized carbons (Fsp3) is 0.900. The van der Waals surface area contributed by atoms with Crippen LogP contribution >= 0.6 is 0 Å². The van der Waals surface area contributed by atoms with E-state index < -0.39 is 0 Å². The zero-order valence-corrected chi connectivity index (χ0v) is 9.12. The molecule has 2 unspecified atom stereocenters. The van der Waals surface area contributed by atoms with E-state index in [4.69, 9.17) is 5.84 Å². The first-order chi connectivity index (χ1) is 6.65. The number of amides is 1. The number of hydrazine groups is 1. The van der Waals surface area contributed by atoms with Gasteiger partial charge in [-0.1, -0.05) is 0 Å². The van der Waals surface area contributed by atoms with Gasteiger partial charge in [0.1, 0.15) is 0 Å². The zero-order chi connectivity index (χ0) is 10.6. The first-order valence-corrected chi connectivity index (χ1v) is 5.40. The average Bonchev–Trinajstić information content (AvgIpc) is 2.60. The number of nitrogens with two attached hydrogens (primary N) is 1. The van der Waals surface area contributed by atoms with Crippen molar-refractivity contribution in [3.8, 4) is 0 Å². The molecule has 0 aromatic carbocycles. The van der Waals surface area contributed by atoms with Crippen LogP contribution in [0, 0.1) is 0 Å². The van der Waals surface area contributed by atoms with Crippen LogP contribution in [0.5, 0.6) is 0 Å². The Morgan fingerprint density at radius 1 is 1.71 bits per heavy atom. The molecule has 14 heavy (non-hydrogen) atoms. The highest BCUT2D eigenvalue weighted by atomic mass is 16.2. The molecule has 1 aliphatic rings. The van der Waals surface area contributed by atoms with Crippen LogP contribution in [0.4, 0.5) is 0 Å². The Kier molecular flexibility index (Phi) is 4.35. The van der Waals surface area contributed by atoms with Crippen LogP contribution in [0.3, 0.4) is 0 Å². The molecule has 4 nitrogen and oxygen atoms in total. The standard InChI is InChI=1S/C10H21N3O/c1-8-4-3-7-13(8)9(2)5-6-10(14)12-11/h8-9H,3-7,11H2,1-2H3,(H,12,14). The predicted molar refractivity (Wildman–Crippen MR) is 56.4 cm³/mol. The number of hydrogen-bond donors (Lipinski definition) is 2. The van der Waals surface area contributed by atoms with E-state index in [-0.39, 0.29) is 5.91 Å². The molecule has 0 bridgehead atoms. The molecule has 1 aliphatic heterocycles. The van der Waals surface area contributed by atoms with E-state index in [1.165, 1.54) is 19.4 Å². The van der Waals surface area contributed by atoms with Crippen molar-refractivity contribution < 1.29 is 4.79 Å². The van der Waals surface area contributed by atoms with Gasteiger partial charge in [0.25, 0.3) is 0 Å². The van der Waals surface area contributed by atoms with Gasteiger partial charge in [0.15, 0.2) is 0 Å². The summed E-state index contributed by atoms with van der Waals surface area (Å²) in [5.74, 6) is 4.96. The minimum absolute atomic E-state index is 0.0660. The van der Waals surface area contributed by atoms with Crippen molar-refractivity contribution in [3.05, 3.63) is 0 Å². The lowest BCUT2D eigenvalue weighted by Crippen LogP contribution is -2.37. The van der Waals surface area contributed by atoms with Gasteiger partial charge in [0.05, 0.1) is 0 Å². The first-order valence-electron chi connectivity index (χ1n) is 5.40. The molecular formula is C10H21N3O. The Morgan fingerprint density at radius 2 is 2.43 bits per heavy atom. The normalized spacial score (nSPS) is 24.9. The van der Waals surface area contributed by atoms with Gasteiger partial charge in [-0.05, 0) is 39.7 Å². The van der Waals surface area contributed by atoms with E-state index in [1.807, 2.05) is 0 Å². The van der Waals surface area contributed by atoms with E-state index in [9.17, 15) is 4.79 Å². The van der Waals surface area contributed by atoms with Crippen LogP contribution in [0.1, 0.15) is 39.5 Å². The molecule has 82 valence electrons. The highest BCUT2D eigenvalue weighted by molar-refractivity contribution is 5.75. The minimum atomic E-state index is -0.0660. The largest absolute Gasteiger partial charge is 0.298 e. The van der Waals surface area contributed by atoms with Crippen LogP contribution in [-0.2, 0) is 4.79 Å². The smallest absolute Gasteiger partial charge is 0.233 e. The Labute approximate surface area is 85.8 Å². The summed E-state index contributed by atoms with van der Waals surface area (Å²) in [4.78, 5) is 13.4. The number of carbonyl (C=O) groups is 1.